The summed E-state index contributed by atoms with van der Waals surface area (Å²) in [6.07, 6.45) is 8.35. The molecule has 0 aromatic rings. The Morgan fingerprint density at radius 2 is 1.83 bits per heavy atom. The van der Waals surface area contributed by atoms with E-state index in [1.165, 1.54) is 12.5 Å². The molecule has 2 rings (SSSR count). The first-order chi connectivity index (χ1) is 8.72. The fourth-order valence-corrected chi connectivity index (χ4v) is 2.82. The van der Waals surface area contributed by atoms with Crippen LogP contribution in [0.2, 0.25) is 0 Å². The topological polar surface area (TPSA) is 46.6 Å². The Kier molecular flexibility index (Phi) is 4.39. The lowest BCUT2D eigenvalue weighted by Gasteiger charge is -2.26. The lowest BCUT2D eigenvalue weighted by molar-refractivity contribution is -0.158. The summed E-state index contributed by atoms with van der Waals surface area (Å²) in [7, 11) is 0. The number of hydrogen-bond donors (Lipinski definition) is 0. The highest BCUT2D eigenvalue weighted by atomic mass is 16.5. The van der Waals surface area contributed by atoms with E-state index in [0.717, 1.165) is 32.1 Å². The van der Waals surface area contributed by atoms with Gasteiger partial charge in [-0.2, -0.15) is 0 Å². The maximum Gasteiger partial charge on any atom is 0.329 e. The van der Waals surface area contributed by atoms with Crippen molar-refractivity contribution in [2.75, 3.05) is 6.54 Å². The number of ether oxygens (including phenoxy) is 1. The molecule has 0 bridgehead atoms. The Labute approximate surface area is 108 Å². The molecular weight excluding hydrogens is 230 g/mol. The third-order valence-electron chi connectivity index (χ3n) is 3.82. The van der Waals surface area contributed by atoms with Gasteiger partial charge < -0.3 is 9.64 Å². The first-order valence-corrected chi connectivity index (χ1v) is 6.86. The monoisotopic (exact) mass is 251 g/mol. The van der Waals surface area contributed by atoms with Gasteiger partial charge in [0, 0.05) is 6.54 Å². The number of carbonyl (C=O) groups is 2. The van der Waals surface area contributed by atoms with Crippen LogP contribution < -0.4 is 0 Å². The molecule has 4 heteroatoms. The SMILES string of the molecule is C=CC(=O)N1CCCC1C(=O)OC1CCCCC1. The maximum absolute atomic E-state index is 12.1. The summed E-state index contributed by atoms with van der Waals surface area (Å²) in [6.45, 7) is 4.11. The van der Waals surface area contributed by atoms with Crippen molar-refractivity contribution in [3.8, 4) is 0 Å². The predicted octanol–water partition coefficient (Wildman–Crippen LogP) is 2.04. The van der Waals surface area contributed by atoms with Gasteiger partial charge in [-0.1, -0.05) is 13.0 Å². The summed E-state index contributed by atoms with van der Waals surface area (Å²) in [4.78, 5) is 25.3. The lowest BCUT2D eigenvalue weighted by Crippen LogP contribution is -2.41. The zero-order chi connectivity index (χ0) is 13.0. The van der Waals surface area contributed by atoms with E-state index < -0.39 is 6.04 Å². The van der Waals surface area contributed by atoms with E-state index in [1.54, 1.807) is 4.90 Å². The van der Waals surface area contributed by atoms with Crippen LogP contribution in [0.4, 0.5) is 0 Å². The number of esters is 1. The molecule has 0 radical (unpaired) electrons. The van der Waals surface area contributed by atoms with Gasteiger partial charge in [0.25, 0.3) is 0 Å². The van der Waals surface area contributed by atoms with Crippen LogP contribution in [0.25, 0.3) is 0 Å². The first-order valence-electron chi connectivity index (χ1n) is 6.86. The second kappa shape index (κ2) is 6.03. The highest BCUT2D eigenvalue weighted by Crippen LogP contribution is 2.24. The van der Waals surface area contributed by atoms with Gasteiger partial charge in [-0.05, 0) is 44.6 Å². The fraction of sp³-hybridized carbons (Fsp3) is 0.714. The largest absolute Gasteiger partial charge is 0.461 e. The van der Waals surface area contributed by atoms with Crippen LogP contribution in [0.15, 0.2) is 12.7 Å². The molecule has 1 unspecified atom stereocenters. The van der Waals surface area contributed by atoms with Gasteiger partial charge in [0.05, 0.1) is 0 Å². The van der Waals surface area contributed by atoms with Gasteiger partial charge in [0.15, 0.2) is 0 Å². The quantitative estimate of drug-likeness (QED) is 0.569. The molecule has 2 aliphatic rings. The van der Waals surface area contributed by atoms with E-state index in [0.29, 0.717) is 13.0 Å². The van der Waals surface area contributed by atoms with Crippen LogP contribution in [0.5, 0.6) is 0 Å². The van der Waals surface area contributed by atoms with E-state index >= 15 is 0 Å². The average Bonchev–Trinajstić information content (AvgIpc) is 2.88. The predicted molar refractivity (Wildman–Crippen MR) is 67.9 cm³/mol. The van der Waals surface area contributed by atoms with Gasteiger partial charge in [0.2, 0.25) is 5.91 Å². The summed E-state index contributed by atoms with van der Waals surface area (Å²) < 4.78 is 5.53. The van der Waals surface area contributed by atoms with Crippen LogP contribution >= 0.6 is 0 Å². The van der Waals surface area contributed by atoms with Crippen molar-refractivity contribution in [1.29, 1.82) is 0 Å². The lowest BCUT2D eigenvalue weighted by atomic mass is 9.98. The Hall–Kier alpha value is -1.32. The van der Waals surface area contributed by atoms with Crippen molar-refractivity contribution < 1.29 is 14.3 Å². The molecule has 4 nitrogen and oxygen atoms in total. The summed E-state index contributed by atoms with van der Waals surface area (Å²) in [5, 5.41) is 0. The van der Waals surface area contributed by atoms with Crippen LogP contribution in [0.3, 0.4) is 0 Å². The summed E-state index contributed by atoms with van der Waals surface area (Å²) in [5.41, 5.74) is 0. The van der Waals surface area contributed by atoms with Crippen LogP contribution in [0.1, 0.15) is 44.9 Å². The molecule has 100 valence electrons. The van der Waals surface area contributed by atoms with Crippen LogP contribution in [-0.4, -0.2) is 35.5 Å². The number of amides is 1. The third kappa shape index (κ3) is 2.92. The van der Waals surface area contributed by atoms with Crippen molar-refractivity contribution in [2.24, 2.45) is 0 Å². The van der Waals surface area contributed by atoms with E-state index in [2.05, 4.69) is 6.58 Å². The molecule has 1 saturated carbocycles. The zero-order valence-electron chi connectivity index (χ0n) is 10.8. The van der Waals surface area contributed by atoms with Crippen molar-refractivity contribution in [3.05, 3.63) is 12.7 Å². The van der Waals surface area contributed by atoms with Gasteiger partial charge in [0.1, 0.15) is 12.1 Å². The maximum atomic E-state index is 12.1. The van der Waals surface area contributed by atoms with E-state index in [1.807, 2.05) is 0 Å². The van der Waals surface area contributed by atoms with Crippen molar-refractivity contribution in [3.63, 3.8) is 0 Å². The van der Waals surface area contributed by atoms with Crippen LogP contribution in [-0.2, 0) is 14.3 Å². The normalized spacial score (nSPS) is 24.9. The summed E-state index contributed by atoms with van der Waals surface area (Å²) in [5.74, 6) is -0.396. The molecule has 1 aliphatic heterocycles. The third-order valence-corrected chi connectivity index (χ3v) is 3.82. The minimum absolute atomic E-state index is 0.0625. The number of rotatable bonds is 3. The minimum Gasteiger partial charge on any atom is -0.461 e. The number of hydrogen-bond acceptors (Lipinski definition) is 3. The number of carbonyl (C=O) groups excluding carboxylic acids is 2. The second-order valence-corrected chi connectivity index (χ2v) is 5.09. The van der Waals surface area contributed by atoms with Gasteiger partial charge in [-0.25, -0.2) is 4.79 Å². The van der Waals surface area contributed by atoms with Gasteiger partial charge >= 0.3 is 5.97 Å². The molecule has 0 N–H and O–H groups in total. The molecule has 0 spiro atoms. The first kappa shape index (κ1) is 13.1. The highest BCUT2D eigenvalue weighted by Gasteiger charge is 2.35. The molecule has 0 aromatic heterocycles. The molecule has 1 aliphatic carbocycles. The van der Waals surface area contributed by atoms with Crippen molar-refractivity contribution in [1.82, 2.24) is 4.90 Å². The molecule has 2 fully saturated rings. The summed E-state index contributed by atoms with van der Waals surface area (Å²) >= 11 is 0. The number of nitrogens with zero attached hydrogens (tertiary/aromatic N) is 1. The van der Waals surface area contributed by atoms with Gasteiger partial charge in [-0.3, -0.25) is 4.79 Å². The molecular formula is C14H21NO3. The van der Waals surface area contributed by atoms with E-state index in [9.17, 15) is 9.59 Å². The van der Waals surface area contributed by atoms with Gasteiger partial charge in [-0.15, -0.1) is 0 Å². The zero-order valence-corrected chi connectivity index (χ0v) is 10.8. The Balaban J connectivity index is 1.90. The average molecular weight is 251 g/mol. The summed E-state index contributed by atoms with van der Waals surface area (Å²) in [6, 6.07) is -0.391. The van der Waals surface area contributed by atoms with E-state index in [-0.39, 0.29) is 18.0 Å². The molecule has 1 saturated heterocycles. The molecule has 1 atom stereocenters. The van der Waals surface area contributed by atoms with E-state index in [4.69, 9.17) is 4.74 Å². The number of likely N-dealkylation sites (tertiary alicyclic amines) is 1. The molecule has 1 heterocycles. The Morgan fingerprint density at radius 3 is 2.50 bits per heavy atom. The Bertz CT molecular complexity index is 334. The van der Waals surface area contributed by atoms with Crippen molar-refractivity contribution in [2.45, 2.75) is 57.1 Å². The molecule has 0 aromatic carbocycles. The molecule has 1 amide bonds. The second-order valence-electron chi connectivity index (χ2n) is 5.09. The van der Waals surface area contributed by atoms with Crippen LogP contribution in [0, 0.1) is 0 Å². The minimum atomic E-state index is -0.391. The standard InChI is InChI=1S/C14H21NO3/c1-2-13(16)15-10-6-9-12(15)14(17)18-11-7-4-3-5-8-11/h2,11-12H,1,3-10H2. The molecule has 18 heavy (non-hydrogen) atoms. The fourth-order valence-electron chi connectivity index (χ4n) is 2.82. The van der Waals surface area contributed by atoms with Crippen molar-refractivity contribution >= 4 is 11.9 Å². The highest BCUT2D eigenvalue weighted by molar-refractivity contribution is 5.91. The Morgan fingerprint density at radius 1 is 1.11 bits per heavy atom. The smallest absolute Gasteiger partial charge is 0.329 e.